The van der Waals surface area contributed by atoms with Crippen LogP contribution < -0.4 is 5.32 Å². The summed E-state index contributed by atoms with van der Waals surface area (Å²) in [6.07, 6.45) is 9.69. The fourth-order valence-electron chi connectivity index (χ4n) is 4.25. The predicted molar refractivity (Wildman–Crippen MR) is 113 cm³/mol. The quantitative estimate of drug-likeness (QED) is 0.685. The van der Waals surface area contributed by atoms with Crippen LogP contribution in [0.2, 0.25) is 0 Å². The van der Waals surface area contributed by atoms with Crippen LogP contribution in [0, 0.1) is 19.8 Å². The first-order valence-electron chi connectivity index (χ1n) is 10.8. The van der Waals surface area contributed by atoms with E-state index in [9.17, 15) is 13.2 Å². The summed E-state index contributed by atoms with van der Waals surface area (Å²) >= 11 is 0. The van der Waals surface area contributed by atoms with Gasteiger partial charge in [-0.25, -0.2) is 8.42 Å². The molecule has 1 saturated heterocycles. The molecule has 29 heavy (non-hydrogen) atoms. The Morgan fingerprint density at radius 1 is 1.24 bits per heavy atom. The maximum Gasteiger partial charge on any atom is 0.246 e. The smallest absolute Gasteiger partial charge is 0.246 e. The summed E-state index contributed by atoms with van der Waals surface area (Å²) in [5, 5.41) is 7.30. The molecule has 0 radical (unpaired) electrons. The molecule has 0 atom stereocenters. The van der Waals surface area contributed by atoms with Crippen molar-refractivity contribution in [2.75, 3.05) is 19.6 Å². The number of aromatic nitrogens is 2. The Labute approximate surface area is 174 Å². The van der Waals surface area contributed by atoms with Crippen molar-refractivity contribution in [1.29, 1.82) is 0 Å². The molecule has 1 aliphatic heterocycles. The zero-order valence-corrected chi connectivity index (χ0v) is 18.7. The first kappa shape index (κ1) is 22.0. The van der Waals surface area contributed by atoms with Crippen molar-refractivity contribution in [1.82, 2.24) is 19.4 Å². The van der Waals surface area contributed by atoms with Crippen LogP contribution in [0.3, 0.4) is 0 Å². The lowest BCUT2D eigenvalue weighted by atomic mass is 9.97. The molecular formula is C21H34N4O3S. The number of rotatable bonds is 7. The Balaban J connectivity index is 1.62. The van der Waals surface area contributed by atoms with Crippen LogP contribution in [0.25, 0.3) is 0 Å². The summed E-state index contributed by atoms with van der Waals surface area (Å²) in [7, 11) is -3.58. The second-order valence-corrected chi connectivity index (χ2v) is 10.3. The number of aryl methyl sites for hydroxylation is 1. The normalized spacial score (nSPS) is 19.2. The number of carbonyl (C=O) groups is 1. The van der Waals surface area contributed by atoms with Crippen molar-refractivity contribution in [3.63, 3.8) is 0 Å². The van der Waals surface area contributed by atoms with Gasteiger partial charge in [-0.1, -0.05) is 18.6 Å². The first-order valence-corrected chi connectivity index (χ1v) is 12.2. The van der Waals surface area contributed by atoms with Gasteiger partial charge in [-0.3, -0.25) is 9.48 Å². The molecule has 2 aliphatic rings. The van der Waals surface area contributed by atoms with E-state index in [-0.39, 0.29) is 17.3 Å². The number of carbonyl (C=O) groups excluding carboxylic acids is 1. The van der Waals surface area contributed by atoms with Crippen LogP contribution in [-0.4, -0.2) is 48.0 Å². The van der Waals surface area contributed by atoms with E-state index < -0.39 is 10.0 Å². The molecule has 7 nitrogen and oxygen atoms in total. The third kappa shape index (κ3) is 5.28. The van der Waals surface area contributed by atoms with E-state index in [0.717, 1.165) is 32.1 Å². The number of amides is 1. The molecule has 0 saturated carbocycles. The van der Waals surface area contributed by atoms with E-state index in [1.165, 1.54) is 23.1 Å². The maximum absolute atomic E-state index is 13.1. The minimum absolute atomic E-state index is 0.0400. The van der Waals surface area contributed by atoms with Crippen molar-refractivity contribution in [2.45, 2.75) is 77.2 Å². The number of hydrogen-bond donors (Lipinski definition) is 1. The molecule has 0 spiro atoms. The lowest BCUT2D eigenvalue weighted by Crippen LogP contribution is -2.38. The summed E-state index contributed by atoms with van der Waals surface area (Å²) < 4.78 is 29.4. The molecule has 1 aromatic rings. The van der Waals surface area contributed by atoms with Gasteiger partial charge in [0.05, 0.1) is 11.4 Å². The maximum atomic E-state index is 13.1. The van der Waals surface area contributed by atoms with E-state index in [0.29, 0.717) is 36.9 Å². The van der Waals surface area contributed by atoms with Crippen LogP contribution in [0.15, 0.2) is 16.5 Å². The summed E-state index contributed by atoms with van der Waals surface area (Å²) in [5.41, 5.74) is 2.42. The van der Waals surface area contributed by atoms with E-state index >= 15 is 0 Å². The van der Waals surface area contributed by atoms with Crippen molar-refractivity contribution in [2.24, 2.45) is 5.92 Å². The molecule has 1 aliphatic carbocycles. The SMILES string of the molecule is Cc1nn(CC(=O)NCCC2=CCCCC2)c(C)c1S(=O)(=O)N1CCC(C)CC1. The van der Waals surface area contributed by atoms with Crippen LogP contribution >= 0.6 is 0 Å². The largest absolute Gasteiger partial charge is 0.354 e. The van der Waals surface area contributed by atoms with Gasteiger partial charge in [0.25, 0.3) is 0 Å². The molecule has 2 heterocycles. The Morgan fingerprint density at radius 2 is 1.97 bits per heavy atom. The zero-order chi connectivity index (χ0) is 21.0. The van der Waals surface area contributed by atoms with E-state index in [2.05, 4.69) is 23.4 Å². The van der Waals surface area contributed by atoms with Gasteiger partial charge in [0.1, 0.15) is 11.4 Å². The molecular weight excluding hydrogens is 388 g/mol. The molecule has 1 aromatic heterocycles. The molecule has 162 valence electrons. The highest BCUT2D eigenvalue weighted by Crippen LogP contribution is 2.27. The average Bonchev–Trinajstić information content (AvgIpc) is 2.96. The van der Waals surface area contributed by atoms with E-state index in [4.69, 9.17) is 0 Å². The summed E-state index contributed by atoms with van der Waals surface area (Å²) in [6, 6.07) is 0. The predicted octanol–water partition coefficient (Wildman–Crippen LogP) is 2.93. The molecule has 1 amide bonds. The Morgan fingerprint density at radius 3 is 2.62 bits per heavy atom. The Kier molecular flexibility index (Phi) is 7.16. The monoisotopic (exact) mass is 422 g/mol. The lowest BCUT2D eigenvalue weighted by molar-refractivity contribution is -0.121. The molecule has 1 fully saturated rings. The molecule has 3 rings (SSSR count). The summed E-state index contributed by atoms with van der Waals surface area (Å²) in [6.45, 7) is 7.34. The number of piperidine rings is 1. The van der Waals surface area contributed by atoms with E-state index in [1.54, 1.807) is 18.2 Å². The second-order valence-electron chi connectivity index (χ2n) is 8.45. The highest BCUT2D eigenvalue weighted by molar-refractivity contribution is 7.89. The molecule has 0 aromatic carbocycles. The molecule has 1 N–H and O–H groups in total. The molecule has 0 unspecified atom stereocenters. The van der Waals surface area contributed by atoms with Crippen molar-refractivity contribution >= 4 is 15.9 Å². The fraction of sp³-hybridized carbons (Fsp3) is 0.714. The third-order valence-corrected chi connectivity index (χ3v) is 8.25. The minimum atomic E-state index is -3.58. The van der Waals surface area contributed by atoms with Gasteiger partial charge in [-0.05, 0) is 64.7 Å². The summed E-state index contributed by atoms with van der Waals surface area (Å²) in [4.78, 5) is 12.6. The van der Waals surface area contributed by atoms with Crippen LogP contribution in [0.1, 0.15) is 63.3 Å². The molecule has 0 bridgehead atoms. The van der Waals surface area contributed by atoms with Crippen LogP contribution in [0.4, 0.5) is 0 Å². The third-order valence-electron chi connectivity index (χ3n) is 6.10. The Hall–Kier alpha value is -1.67. The van der Waals surface area contributed by atoms with Crippen LogP contribution in [-0.2, 0) is 21.4 Å². The number of nitrogens with one attached hydrogen (secondary N) is 1. The van der Waals surface area contributed by atoms with Gasteiger partial charge < -0.3 is 5.32 Å². The minimum Gasteiger partial charge on any atom is -0.354 e. The number of nitrogens with zero attached hydrogens (tertiary/aromatic N) is 3. The summed E-state index contributed by atoms with van der Waals surface area (Å²) in [5.74, 6) is 0.419. The van der Waals surface area contributed by atoms with Gasteiger partial charge in [-0.15, -0.1) is 0 Å². The second kappa shape index (κ2) is 9.43. The number of sulfonamides is 1. The lowest BCUT2D eigenvalue weighted by Gasteiger charge is -2.29. The van der Waals surface area contributed by atoms with Crippen molar-refractivity contribution in [3.05, 3.63) is 23.0 Å². The zero-order valence-electron chi connectivity index (χ0n) is 17.9. The molecule has 8 heteroatoms. The number of allylic oxidation sites excluding steroid dienone is 1. The fourth-order valence-corrected chi connectivity index (χ4v) is 6.09. The first-order chi connectivity index (χ1) is 13.8. The Bertz CT molecular complexity index is 865. The van der Waals surface area contributed by atoms with Gasteiger partial charge in [0.15, 0.2) is 0 Å². The van der Waals surface area contributed by atoms with Crippen LogP contribution in [0.5, 0.6) is 0 Å². The van der Waals surface area contributed by atoms with Crippen molar-refractivity contribution in [3.8, 4) is 0 Å². The highest BCUT2D eigenvalue weighted by Gasteiger charge is 2.33. The van der Waals surface area contributed by atoms with Crippen molar-refractivity contribution < 1.29 is 13.2 Å². The van der Waals surface area contributed by atoms with E-state index in [1.807, 2.05) is 0 Å². The topological polar surface area (TPSA) is 84.3 Å². The highest BCUT2D eigenvalue weighted by atomic mass is 32.2. The van der Waals surface area contributed by atoms with Gasteiger partial charge >= 0.3 is 0 Å². The number of hydrogen-bond acceptors (Lipinski definition) is 4. The van der Waals surface area contributed by atoms with Gasteiger partial charge in [0, 0.05) is 19.6 Å². The van der Waals surface area contributed by atoms with Gasteiger partial charge in [-0.2, -0.15) is 9.40 Å². The average molecular weight is 423 g/mol. The standard InChI is InChI=1S/C21H34N4O3S/c1-16-10-13-24(14-11-16)29(27,28)21-17(2)23-25(18(21)3)15-20(26)22-12-9-19-7-5-4-6-8-19/h7,16H,4-6,8-15H2,1-3H3,(H,22,26). The van der Waals surface area contributed by atoms with Gasteiger partial charge in [0.2, 0.25) is 15.9 Å².